The van der Waals surface area contributed by atoms with Gasteiger partial charge in [0.15, 0.2) is 0 Å². The number of rotatable bonds is 6. The lowest BCUT2D eigenvalue weighted by Gasteiger charge is -2.13. The summed E-state index contributed by atoms with van der Waals surface area (Å²) in [5.41, 5.74) is 3.55. The maximum atomic E-state index is 13.5. The third-order valence-electron chi connectivity index (χ3n) is 5.60. The number of aryl methyl sites for hydroxylation is 1. The fourth-order valence-corrected chi connectivity index (χ4v) is 3.96. The van der Waals surface area contributed by atoms with E-state index in [4.69, 9.17) is 11.6 Å². The Morgan fingerprint density at radius 3 is 2.74 bits per heavy atom. The van der Waals surface area contributed by atoms with Gasteiger partial charge in [0.05, 0.1) is 18.4 Å². The van der Waals surface area contributed by atoms with Gasteiger partial charge in [0.25, 0.3) is 5.56 Å². The summed E-state index contributed by atoms with van der Waals surface area (Å²) in [5, 5.41) is 4.45. The Kier molecular flexibility index (Phi) is 5.83. The molecule has 31 heavy (non-hydrogen) atoms. The Balaban J connectivity index is 1.87. The van der Waals surface area contributed by atoms with Crippen LogP contribution >= 0.6 is 11.6 Å². The van der Waals surface area contributed by atoms with Crippen LogP contribution in [0.5, 0.6) is 0 Å². The predicted molar refractivity (Wildman–Crippen MR) is 125 cm³/mol. The van der Waals surface area contributed by atoms with Crippen LogP contribution in [0.25, 0.3) is 21.9 Å². The van der Waals surface area contributed by atoms with Crippen molar-refractivity contribution in [1.29, 1.82) is 0 Å². The zero-order chi connectivity index (χ0) is 22.1. The summed E-state index contributed by atoms with van der Waals surface area (Å²) >= 11 is 6.29. The second-order valence-corrected chi connectivity index (χ2v) is 8.36. The third kappa shape index (κ3) is 4.08. The van der Waals surface area contributed by atoms with Gasteiger partial charge in [-0.1, -0.05) is 48.4 Å². The highest BCUT2D eigenvalue weighted by atomic mass is 35.5. The topological polar surface area (TPSA) is 68.9 Å². The van der Waals surface area contributed by atoms with E-state index >= 15 is 0 Å². The van der Waals surface area contributed by atoms with Crippen LogP contribution in [0.4, 0.5) is 0 Å². The van der Waals surface area contributed by atoms with E-state index in [1.54, 1.807) is 21.5 Å². The van der Waals surface area contributed by atoms with Crippen LogP contribution < -0.4 is 10.9 Å². The van der Waals surface area contributed by atoms with Gasteiger partial charge in [0.1, 0.15) is 17.6 Å². The molecule has 6 nitrogen and oxygen atoms in total. The summed E-state index contributed by atoms with van der Waals surface area (Å²) in [4.78, 5) is 30.8. The summed E-state index contributed by atoms with van der Waals surface area (Å²) in [6, 6.07) is 13.4. The van der Waals surface area contributed by atoms with Crippen LogP contribution in [0, 0.1) is 6.92 Å². The molecule has 2 heterocycles. The van der Waals surface area contributed by atoms with E-state index in [-0.39, 0.29) is 24.1 Å². The number of nitrogens with zero attached hydrogens (tertiary/aromatic N) is 3. The lowest BCUT2D eigenvalue weighted by atomic mass is 10.1. The fourth-order valence-electron chi connectivity index (χ4n) is 3.77. The van der Waals surface area contributed by atoms with Crippen LogP contribution in [0.15, 0.2) is 53.6 Å². The minimum atomic E-state index is -0.199. The number of hydrogen-bond acceptors (Lipinski definition) is 3. The SMILES string of the molecule is CCC(C)NC(=O)Cn1c2ccc(C)cc2c2ncn(Cc3ccccc3Cl)c(=O)c21. The highest BCUT2D eigenvalue weighted by Crippen LogP contribution is 2.26. The number of carbonyl (C=O) groups excluding carboxylic acids is 1. The minimum absolute atomic E-state index is 0.0560. The Labute approximate surface area is 185 Å². The molecular formula is C24H25ClN4O2. The van der Waals surface area contributed by atoms with Gasteiger partial charge in [-0.25, -0.2) is 4.98 Å². The van der Waals surface area contributed by atoms with Crippen LogP contribution in [0.3, 0.4) is 0 Å². The number of amides is 1. The number of fused-ring (bicyclic) bond motifs is 3. The molecule has 4 rings (SSSR count). The molecule has 0 aliphatic heterocycles. The number of aromatic nitrogens is 3. The second kappa shape index (κ2) is 8.55. The Morgan fingerprint density at radius 1 is 1.23 bits per heavy atom. The van der Waals surface area contributed by atoms with Crippen molar-refractivity contribution < 1.29 is 4.79 Å². The van der Waals surface area contributed by atoms with Gasteiger partial charge in [-0.2, -0.15) is 0 Å². The van der Waals surface area contributed by atoms with Crippen molar-refractivity contribution in [3.63, 3.8) is 0 Å². The van der Waals surface area contributed by atoms with Crippen molar-refractivity contribution in [2.24, 2.45) is 0 Å². The molecular weight excluding hydrogens is 412 g/mol. The van der Waals surface area contributed by atoms with Crippen LogP contribution in [-0.2, 0) is 17.9 Å². The Hall–Kier alpha value is -3.12. The first-order valence-corrected chi connectivity index (χ1v) is 10.8. The molecule has 2 aromatic heterocycles. The number of benzene rings is 2. The first-order chi connectivity index (χ1) is 14.9. The smallest absolute Gasteiger partial charge is 0.278 e. The maximum Gasteiger partial charge on any atom is 0.278 e. The Morgan fingerprint density at radius 2 is 2.00 bits per heavy atom. The van der Waals surface area contributed by atoms with Gasteiger partial charge in [-0.05, 0) is 44.0 Å². The number of nitrogens with one attached hydrogen (secondary N) is 1. The molecule has 7 heteroatoms. The fraction of sp³-hybridized carbons (Fsp3) is 0.292. The summed E-state index contributed by atoms with van der Waals surface area (Å²) < 4.78 is 3.32. The monoisotopic (exact) mass is 436 g/mol. The van der Waals surface area contributed by atoms with E-state index in [0.29, 0.717) is 22.6 Å². The van der Waals surface area contributed by atoms with E-state index in [1.165, 1.54) is 0 Å². The molecule has 4 aromatic rings. The summed E-state index contributed by atoms with van der Waals surface area (Å²) in [6.07, 6.45) is 2.39. The average Bonchev–Trinajstić information content (AvgIpc) is 3.04. The molecule has 1 atom stereocenters. The molecule has 0 saturated heterocycles. The highest BCUT2D eigenvalue weighted by molar-refractivity contribution is 6.31. The molecule has 0 bridgehead atoms. The standard InChI is InChI=1S/C24H25ClN4O2/c1-4-16(3)27-21(30)13-29-20-10-9-15(2)11-18(20)22-23(29)24(31)28(14-26-22)12-17-7-5-6-8-19(17)25/h5-11,14,16H,4,12-13H2,1-3H3,(H,27,30). The average molecular weight is 437 g/mol. The van der Waals surface area contributed by atoms with E-state index in [0.717, 1.165) is 28.5 Å². The van der Waals surface area contributed by atoms with Crippen molar-refractivity contribution >= 4 is 39.4 Å². The van der Waals surface area contributed by atoms with E-state index in [1.807, 2.05) is 57.2 Å². The molecule has 0 fully saturated rings. The van der Waals surface area contributed by atoms with Gasteiger partial charge in [-0.3, -0.25) is 14.2 Å². The van der Waals surface area contributed by atoms with Gasteiger partial charge >= 0.3 is 0 Å². The number of halogens is 1. The van der Waals surface area contributed by atoms with Gasteiger partial charge < -0.3 is 9.88 Å². The summed E-state index contributed by atoms with van der Waals surface area (Å²) in [5.74, 6) is -0.130. The van der Waals surface area contributed by atoms with Crippen LogP contribution in [0.2, 0.25) is 5.02 Å². The first kappa shape index (κ1) is 21.1. The summed E-state index contributed by atoms with van der Waals surface area (Å²) in [6.45, 7) is 6.34. The molecule has 2 aromatic carbocycles. The molecule has 0 saturated carbocycles. The zero-order valence-electron chi connectivity index (χ0n) is 17.9. The van der Waals surface area contributed by atoms with E-state index < -0.39 is 0 Å². The van der Waals surface area contributed by atoms with Crippen molar-refractivity contribution in [3.05, 3.63) is 75.3 Å². The molecule has 0 aliphatic rings. The number of hydrogen-bond donors (Lipinski definition) is 1. The van der Waals surface area contributed by atoms with E-state index in [9.17, 15) is 9.59 Å². The molecule has 0 radical (unpaired) electrons. The largest absolute Gasteiger partial charge is 0.352 e. The number of carbonyl (C=O) groups is 1. The Bertz CT molecular complexity index is 1340. The first-order valence-electron chi connectivity index (χ1n) is 10.4. The molecule has 0 spiro atoms. The van der Waals surface area contributed by atoms with Crippen molar-refractivity contribution in [2.45, 2.75) is 46.3 Å². The highest BCUT2D eigenvalue weighted by Gasteiger charge is 2.19. The van der Waals surface area contributed by atoms with Gasteiger partial charge in [0.2, 0.25) is 5.91 Å². The molecule has 1 amide bonds. The summed E-state index contributed by atoms with van der Waals surface area (Å²) in [7, 11) is 0. The van der Waals surface area contributed by atoms with Gasteiger partial charge in [0, 0.05) is 16.5 Å². The van der Waals surface area contributed by atoms with Crippen molar-refractivity contribution in [1.82, 2.24) is 19.4 Å². The molecule has 1 N–H and O–H groups in total. The third-order valence-corrected chi connectivity index (χ3v) is 5.97. The predicted octanol–water partition coefficient (Wildman–Crippen LogP) is 4.28. The quantitative estimate of drug-likeness (QED) is 0.490. The zero-order valence-corrected chi connectivity index (χ0v) is 18.6. The van der Waals surface area contributed by atoms with Crippen LogP contribution in [0.1, 0.15) is 31.4 Å². The lowest BCUT2D eigenvalue weighted by molar-refractivity contribution is -0.122. The van der Waals surface area contributed by atoms with Crippen LogP contribution in [-0.4, -0.2) is 26.1 Å². The lowest BCUT2D eigenvalue weighted by Crippen LogP contribution is -2.35. The van der Waals surface area contributed by atoms with Gasteiger partial charge in [-0.15, -0.1) is 0 Å². The molecule has 160 valence electrons. The maximum absolute atomic E-state index is 13.5. The molecule has 1 unspecified atom stereocenters. The molecule has 0 aliphatic carbocycles. The van der Waals surface area contributed by atoms with Crippen molar-refractivity contribution in [3.8, 4) is 0 Å². The normalized spacial score (nSPS) is 12.4. The van der Waals surface area contributed by atoms with Crippen molar-refractivity contribution in [2.75, 3.05) is 0 Å². The second-order valence-electron chi connectivity index (χ2n) is 7.95. The van der Waals surface area contributed by atoms with E-state index in [2.05, 4.69) is 10.3 Å². The minimum Gasteiger partial charge on any atom is -0.352 e.